The first-order valence-electron chi connectivity index (χ1n) is 19.2. The minimum atomic E-state index is -5.08. The normalized spacial score (nSPS) is 22.2. The molecule has 4 aliphatic rings. The fourth-order valence-electron chi connectivity index (χ4n) is 8.67. The second-order valence-electron chi connectivity index (χ2n) is 15.6. The minimum Gasteiger partial charge on any atom is -0.497 e. The van der Waals surface area contributed by atoms with Gasteiger partial charge in [0, 0.05) is 69.1 Å². The van der Waals surface area contributed by atoms with Crippen LogP contribution in [0.15, 0.2) is 34.7 Å². The molecule has 3 aliphatic heterocycles. The van der Waals surface area contributed by atoms with E-state index >= 15 is 0 Å². The van der Waals surface area contributed by atoms with Crippen molar-refractivity contribution < 1.29 is 46.6 Å². The SMILES string of the molecule is CCCCC1CN(CC2CCCCC2)C(=O)OC12CCN(C1(C)CCN(C(=O)c3cc(-c4ccc(OC)cc4)oc3C)CC1)CC2.O=C(O)C(F)(F)F. The molecule has 1 aromatic heterocycles. The number of piperidine rings is 2. The van der Waals surface area contributed by atoms with E-state index in [-0.39, 0.29) is 23.1 Å². The maximum Gasteiger partial charge on any atom is 0.490 e. The van der Waals surface area contributed by atoms with Crippen molar-refractivity contribution in [2.75, 3.05) is 46.4 Å². The topological polar surface area (TPSA) is 113 Å². The highest BCUT2D eigenvalue weighted by atomic mass is 19.4. The Morgan fingerprint density at radius 3 is 2.19 bits per heavy atom. The lowest BCUT2D eigenvalue weighted by Crippen LogP contribution is -2.63. The van der Waals surface area contributed by atoms with Crippen molar-refractivity contribution in [3.8, 4) is 17.1 Å². The van der Waals surface area contributed by atoms with Crippen LogP contribution >= 0.6 is 0 Å². The Morgan fingerprint density at radius 1 is 1.00 bits per heavy atom. The van der Waals surface area contributed by atoms with E-state index in [1.165, 1.54) is 44.9 Å². The first kappa shape index (κ1) is 40.4. The van der Waals surface area contributed by atoms with Crippen LogP contribution in [0.3, 0.4) is 0 Å². The number of benzene rings is 1. The lowest BCUT2D eigenvalue weighted by atomic mass is 9.74. The molecule has 3 saturated heterocycles. The van der Waals surface area contributed by atoms with E-state index in [0.717, 1.165) is 82.7 Å². The maximum absolute atomic E-state index is 13.6. The highest BCUT2D eigenvalue weighted by Crippen LogP contribution is 2.44. The average Bonchev–Trinajstić information content (AvgIpc) is 3.54. The number of carbonyl (C=O) groups excluding carboxylic acids is 2. The number of furan rings is 1. The zero-order chi connectivity index (χ0) is 38.4. The van der Waals surface area contributed by atoms with Gasteiger partial charge in [0.25, 0.3) is 5.91 Å². The number of carboxylic acids is 1. The summed E-state index contributed by atoms with van der Waals surface area (Å²) in [7, 11) is 1.65. The Labute approximate surface area is 310 Å². The fraction of sp³-hybridized carbons (Fsp3) is 0.675. The van der Waals surface area contributed by atoms with Crippen molar-refractivity contribution in [2.45, 2.75) is 115 Å². The maximum atomic E-state index is 13.6. The van der Waals surface area contributed by atoms with Crippen molar-refractivity contribution in [1.29, 1.82) is 0 Å². The second kappa shape index (κ2) is 17.2. The average molecular weight is 748 g/mol. The van der Waals surface area contributed by atoms with Gasteiger partial charge in [0.05, 0.1) is 12.7 Å². The Balaban J connectivity index is 0.000000705. The number of aryl methyl sites for hydroxylation is 1. The summed E-state index contributed by atoms with van der Waals surface area (Å²) in [5.41, 5.74) is 1.26. The minimum absolute atomic E-state index is 0.0305. The van der Waals surface area contributed by atoms with Gasteiger partial charge >= 0.3 is 18.2 Å². The van der Waals surface area contributed by atoms with E-state index in [1.807, 2.05) is 42.2 Å². The van der Waals surface area contributed by atoms with Crippen molar-refractivity contribution >= 4 is 18.0 Å². The van der Waals surface area contributed by atoms with Crippen molar-refractivity contribution in [1.82, 2.24) is 14.7 Å². The number of ether oxygens (including phenoxy) is 2. The molecule has 1 saturated carbocycles. The van der Waals surface area contributed by atoms with E-state index < -0.39 is 12.1 Å². The van der Waals surface area contributed by atoms with Crippen LogP contribution in [0.5, 0.6) is 5.75 Å². The summed E-state index contributed by atoms with van der Waals surface area (Å²) in [5, 5.41) is 7.12. The number of methoxy groups -OCH3 is 1. The zero-order valence-corrected chi connectivity index (χ0v) is 31.6. The number of rotatable bonds is 9. The molecule has 4 fully saturated rings. The first-order chi connectivity index (χ1) is 25.2. The number of aliphatic carboxylic acids is 1. The third-order valence-corrected chi connectivity index (χ3v) is 12.1. The molecule has 294 valence electrons. The smallest absolute Gasteiger partial charge is 0.490 e. The molecular formula is C40H56F3N3O7. The number of alkyl halides is 3. The molecule has 1 atom stereocenters. The van der Waals surface area contributed by atoms with Gasteiger partial charge in [-0.3, -0.25) is 9.69 Å². The van der Waals surface area contributed by atoms with Crippen LogP contribution < -0.4 is 4.74 Å². The number of nitrogens with zero attached hydrogens (tertiary/aromatic N) is 3. The molecule has 53 heavy (non-hydrogen) atoms. The van der Waals surface area contributed by atoms with Gasteiger partial charge in [-0.15, -0.1) is 0 Å². The Bertz CT molecular complexity index is 1540. The molecule has 2 aromatic rings. The second-order valence-corrected chi connectivity index (χ2v) is 15.6. The molecule has 1 aliphatic carbocycles. The summed E-state index contributed by atoms with van der Waals surface area (Å²) in [6.45, 7) is 11.6. The number of unbranched alkanes of at least 4 members (excludes halogenated alkanes) is 1. The van der Waals surface area contributed by atoms with E-state index in [2.05, 4.69) is 23.6 Å². The summed E-state index contributed by atoms with van der Waals surface area (Å²) in [6, 6.07) is 9.59. The summed E-state index contributed by atoms with van der Waals surface area (Å²) in [4.78, 5) is 42.6. The van der Waals surface area contributed by atoms with E-state index in [4.69, 9.17) is 23.8 Å². The van der Waals surface area contributed by atoms with Crippen LogP contribution in [0, 0.1) is 18.8 Å². The van der Waals surface area contributed by atoms with Crippen LogP contribution in [-0.4, -0.2) is 101 Å². The number of halogens is 3. The van der Waals surface area contributed by atoms with Crippen molar-refractivity contribution in [3.63, 3.8) is 0 Å². The molecule has 2 amide bonds. The number of hydrogen-bond acceptors (Lipinski definition) is 7. The predicted molar refractivity (Wildman–Crippen MR) is 194 cm³/mol. The van der Waals surface area contributed by atoms with Crippen LogP contribution in [0.4, 0.5) is 18.0 Å². The number of amides is 2. The molecule has 1 N–H and O–H groups in total. The highest BCUT2D eigenvalue weighted by Gasteiger charge is 2.51. The highest BCUT2D eigenvalue weighted by molar-refractivity contribution is 5.96. The van der Waals surface area contributed by atoms with Gasteiger partial charge in [0.2, 0.25) is 0 Å². The number of likely N-dealkylation sites (tertiary alicyclic amines) is 2. The lowest BCUT2D eigenvalue weighted by Gasteiger charge is -2.55. The predicted octanol–water partition coefficient (Wildman–Crippen LogP) is 8.57. The zero-order valence-electron chi connectivity index (χ0n) is 31.6. The third kappa shape index (κ3) is 9.69. The molecule has 0 bridgehead atoms. The number of hydrogen-bond donors (Lipinski definition) is 1. The fourth-order valence-corrected chi connectivity index (χ4v) is 8.67. The van der Waals surface area contributed by atoms with Gasteiger partial charge in [0.1, 0.15) is 22.9 Å². The first-order valence-corrected chi connectivity index (χ1v) is 19.2. The van der Waals surface area contributed by atoms with Gasteiger partial charge in [-0.05, 0) is 82.2 Å². The van der Waals surface area contributed by atoms with Crippen LogP contribution in [0.2, 0.25) is 0 Å². The van der Waals surface area contributed by atoms with E-state index in [1.54, 1.807) is 7.11 Å². The Kier molecular flexibility index (Phi) is 13.1. The van der Waals surface area contributed by atoms with Crippen molar-refractivity contribution in [2.24, 2.45) is 11.8 Å². The lowest BCUT2D eigenvalue weighted by molar-refractivity contribution is -0.192. The summed E-state index contributed by atoms with van der Waals surface area (Å²) in [6.07, 6.45) is 8.44. The number of carboxylic acid groups (broad SMARTS) is 1. The van der Waals surface area contributed by atoms with Crippen LogP contribution in [0.1, 0.15) is 107 Å². The molecule has 1 aromatic carbocycles. The summed E-state index contributed by atoms with van der Waals surface area (Å²) >= 11 is 0. The van der Waals surface area contributed by atoms with Gasteiger partial charge in [-0.25, -0.2) is 9.59 Å². The number of carbonyl (C=O) groups is 3. The molecule has 1 spiro atoms. The van der Waals surface area contributed by atoms with Crippen LogP contribution in [-0.2, 0) is 9.53 Å². The molecule has 13 heteroatoms. The molecule has 0 radical (unpaired) electrons. The molecule has 4 heterocycles. The third-order valence-electron chi connectivity index (χ3n) is 12.1. The molecule has 6 rings (SSSR count). The van der Waals surface area contributed by atoms with Crippen LogP contribution in [0.25, 0.3) is 11.3 Å². The molecule has 1 unspecified atom stereocenters. The summed E-state index contributed by atoms with van der Waals surface area (Å²) < 4.78 is 49.5. The molecular weight excluding hydrogens is 691 g/mol. The largest absolute Gasteiger partial charge is 0.497 e. The Morgan fingerprint density at radius 2 is 1.62 bits per heavy atom. The summed E-state index contributed by atoms with van der Waals surface area (Å²) in [5.74, 6) is 0.474. The van der Waals surface area contributed by atoms with Gasteiger partial charge < -0.3 is 28.8 Å². The monoisotopic (exact) mass is 747 g/mol. The van der Waals surface area contributed by atoms with Gasteiger partial charge in [-0.2, -0.15) is 13.2 Å². The van der Waals surface area contributed by atoms with E-state index in [9.17, 15) is 22.8 Å². The van der Waals surface area contributed by atoms with Gasteiger partial charge in [0.15, 0.2) is 0 Å². The molecule has 10 nitrogen and oxygen atoms in total. The standard InChI is InChI=1S/C38H55N3O5.C2HF3O2/c1-5-6-12-31-27-40(26-29-10-8-7-9-11-29)36(43)46-38(31)19-23-41(24-20-38)37(3)17-21-39(22-18-37)35(42)33-25-34(45-28(33)2)30-13-15-32(44-4)16-14-30;3-2(4,5)1(6)7/h13-16,25,29,31H,5-12,17-24,26-27H2,1-4H3;(H,6,7). The van der Waals surface area contributed by atoms with Gasteiger partial charge in [-0.1, -0.05) is 39.0 Å². The van der Waals surface area contributed by atoms with E-state index in [0.29, 0.717) is 28.9 Å². The quantitative estimate of drug-likeness (QED) is 0.272. The van der Waals surface area contributed by atoms with Crippen molar-refractivity contribution in [3.05, 3.63) is 41.7 Å². The Hall–Kier alpha value is -3.74.